The molecule has 0 saturated carbocycles. The molecule has 6 rings (SSSR count). The van der Waals surface area contributed by atoms with E-state index in [4.69, 9.17) is 18.9 Å². The second-order valence-electron chi connectivity index (χ2n) is 9.46. The Hall–Kier alpha value is -3.60. The third kappa shape index (κ3) is 4.06. The van der Waals surface area contributed by atoms with Crippen LogP contribution in [-0.4, -0.2) is 14.2 Å². The minimum atomic E-state index is -0.119. The van der Waals surface area contributed by atoms with Gasteiger partial charge in [0.15, 0.2) is 0 Å². The molecule has 2 aliphatic rings. The molecular formula is C32H30O4. The lowest BCUT2D eigenvalue weighted by molar-refractivity contribution is -0.0470. The van der Waals surface area contributed by atoms with Gasteiger partial charge in [-0.1, -0.05) is 72.8 Å². The van der Waals surface area contributed by atoms with Gasteiger partial charge in [0.2, 0.25) is 0 Å². The number of hydrogen-bond acceptors (Lipinski definition) is 4. The number of hydrogen-bond donors (Lipinski definition) is 0. The molecule has 4 heteroatoms. The van der Waals surface area contributed by atoms with E-state index in [2.05, 4.69) is 72.8 Å². The fourth-order valence-corrected chi connectivity index (χ4v) is 5.83. The lowest BCUT2D eigenvalue weighted by Gasteiger charge is -2.44. The Bertz CT molecular complexity index is 1220. The van der Waals surface area contributed by atoms with Crippen LogP contribution in [0.1, 0.15) is 57.4 Å². The Balaban J connectivity index is 1.52. The van der Waals surface area contributed by atoms with Gasteiger partial charge in [-0.05, 0) is 57.6 Å². The first-order chi connectivity index (χ1) is 17.8. The molecule has 2 heterocycles. The molecule has 0 bridgehead atoms. The first-order valence-corrected chi connectivity index (χ1v) is 12.4. The number of methoxy groups -OCH3 is 2. The van der Waals surface area contributed by atoms with Crippen molar-refractivity contribution in [3.8, 4) is 11.5 Å². The van der Waals surface area contributed by atoms with E-state index in [1.165, 1.54) is 22.3 Å². The molecule has 0 saturated heterocycles. The van der Waals surface area contributed by atoms with Crippen LogP contribution in [0.2, 0.25) is 0 Å². The minimum Gasteiger partial charge on any atom is -0.497 e. The lowest BCUT2D eigenvalue weighted by atomic mass is 9.68. The Morgan fingerprint density at radius 2 is 0.917 bits per heavy atom. The summed E-state index contributed by atoms with van der Waals surface area (Å²) < 4.78 is 24.1. The molecule has 4 nitrogen and oxygen atoms in total. The van der Waals surface area contributed by atoms with Crippen LogP contribution in [0.4, 0.5) is 0 Å². The van der Waals surface area contributed by atoms with Crippen molar-refractivity contribution in [2.45, 2.75) is 37.3 Å². The SMILES string of the molecule is COc1ccc([C@@H]2OCc3ccccc3[C@H]2[C@@H]2c3ccccc3CO[C@H]2c2ccc(OC)cc2)cc1. The summed E-state index contributed by atoms with van der Waals surface area (Å²) in [6.45, 7) is 1.18. The number of fused-ring (bicyclic) bond motifs is 2. The van der Waals surface area contributed by atoms with Gasteiger partial charge < -0.3 is 18.9 Å². The second kappa shape index (κ2) is 9.81. The maximum absolute atomic E-state index is 6.65. The van der Waals surface area contributed by atoms with Crippen molar-refractivity contribution in [3.05, 3.63) is 130 Å². The largest absolute Gasteiger partial charge is 0.497 e. The molecule has 0 amide bonds. The molecular weight excluding hydrogens is 448 g/mol. The molecule has 36 heavy (non-hydrogen) atoms. The predicted molar refractivity (Wildman–Crippen MR) is 139 cm³/mol. The summed E-state index contributed by atoms with van der Waals surface area (Å²) >= 11 is 0. The van der Waals surface area contributed by atoms with Crippen LogP contribution < -0.4 is 9.47 Å². The maximum Gasteiger partial charge on any atom is 0.118 e. The summed E-state index contributed by atoms with van der Waals surface area (Å²) in [4.78, 5) is 0. The minimum absolute atomic E-state index is 0.0666. The summed E-state index contributed by atoms with van der Waals surface area (Å²) in [5.41, 5.74) is 7.42. The van der Waals surface area contributed by atoms with E-state index in [9.17, 15) is 0 Å². The van der Waals surface area contributed by atoms with E-state index in [0.29, 0.717) is 13.2 Å². The van der Waals surface area contributed by atoms with Gasteiger partial charge in [0, 0.05) is 11.8 Å². The summed E-state index contributed by atoms with van der Waals surface area (Å²) in [5.74, 6) is 1.82. The van der Waals surface area contributed by atoms with E-state index in [-0.39, 0.29) is 24.0 Å². The highest BCUT2D eigenvalue weighted by atomic mass is 16.5. The molecule has 0 fully saturated rings. The smallest absolute Gasteiger partial charge is 0.118 e. The van der Waals surface area contributed by atoms with E-state index in [0.717, 1.165) is 22.6 Å². The quantitative estimate of drug-likeness (QED) is 0.306. The molecule has 0 aromatic heterocycles. The highest BCUT2D eigenvalue weighted by Gasteiger charge is 2.44. The number of ether oxygens (including phenoxy) is 4. The van der Waals surface area contributed by atoms with Gasteiger partial charge in [-0.3, -0.25) is 0 Å². The van der Waals surface area contributed by atoms with Gasteiger partial charge in [-0.15, -0.1) is 0 Å². The maximum atomic E-state index is 6.65. The van der Waals surface area contributed by atoms with Crippen molar-refractivity contribution in [1.29, 1.82) is 0 Å². The zero-order chi connectivity index (χ0) is 24.5. The van der Waals surface area contributed by atoms with Crippen molar-refractivity contribution in [2.24, 2.45) is 0 Å². The Kier molecular flexibility index (Phi) is 6.22. The Morgan fingerprint density at radius 1 is 0.528 bits per heavy atom. The molecule has 4 aromatic rings. The molecule has 4 atom stereocenters. The lowest BCUT2D eigenvalue weighted by Crippen LogP contribution is -2.33. The summed E-state index contributed by atoms with van der Waals surface area (Å²) in [6.07, 6.45) is -0.238. The van der Waals surface area contributed by atoms with Gasteiger partial charge in [-0.2, -0.15) is 0 Å². The molecule has 0 N–H and O–H groups in total. The molecule has 182 valence electrons. The summed E-state index contributed by atoms with van der Waals surface area (Å²) in [5, 5.41) is 0. The Morgan fingerprint density at radius 3 is 1.31 bits per heavy atom. The van der Waals surface area contributed by atoms with Gasteiger partial charge in [-0.25, -0.2) is 0 Å². The molecule has 4 aromatic carbocycles. The second-order valence-corrected chi connectivity index (χ2v) is 9.46. The highest BCUT2D eigenvalue weighted by molar-refractivity contribution is 5.45. The molecule has 0 aliphatic carbocycles. The fraction of sp³-hybridized carbons (Fsp3) is 0.250. The zero-order valence-electron chi connectivity index (χ0n) is 20.6. The third-order valence-electron chi connectivity index (χ3n) is 7.59. The van der Waals surface area contributed by atoms with Gasteiger partial charge in [0.05, 0.1) is 39.6 Å². The Labute approximate surface area is 212 Å². The third-order valence-corrected chi connectivity index (χ3v) is 7.59. The van der Waals surface area contributed by atoms with E-state index in [1.807, 2.05) is 24.3 Å². The van der Waals surface area contributed by atoms with Crippen LogP contribution >= 0.6 is 0 Å². The fourth-order valence-electron chi connectivity index (χ4n) is 5.83. The standard InChI is InChI=1S/C32H30O4/c1-33-25-15-11-21(12-16-25)31-29(27-9-5-3-7-23(27)19-35-31)30-28-10-6-4-8-24(28)20-36-32(30)22-13-17-26(34-2)18-14-22/h3-18,29-32H,19-20H2,1-2H3/t29-,30-,31-,32-/m0/s1. The average Bonchev–Trinajstić information content (AvgIpc) is 2.96. The zero-order valence-corrected chi connectivity index (χ0v) is 20.6. The molecule has 0 radical (unpaired) electrons. The van der Waals surface area contributed by atoms with Crippen LogP contribution in [0.5, 0.6) is 11.5 Å². The van der Waals surface area contributed by atoms with Crippen molar-refractivity contribution in [1.82, 2.24) is 0 Å². The van der Waals surface area contributed by atoms with Crippen LogP contribution in [-0.2, 0) is 22.7 Å². The molecule has 0 unspecified atom stereocenters. The molecule has 2 aliphatic heterocycles. The van der Waals surface area contributed by atoms with Crippen molar-refractivity contribution in [3.63, 3.8) is 0 Å². The monoisotopic (exact) mass is 478 g/mol. The predicted octanol–water partition coefficient (Wildman–Crippen LogP) is 7.11. The normalized spacial score (nSPS) is 22.8. The van der Waals surface area contributed by atoms with E-state index >= 15 is 0 Å². The first kappa shape index (κ1) is 22.8. The van der Waals surface area contributed by atoms with Crippen LogP contribution in [0.15, 0.2) is 97.1 Å². The van der Waals surface area contributed by atoms with E-state index in [1.54, 1.807) is 14.2 Å². The summed E-state index contributed by atoms with van der Waals surface area (Å²) in [7, 11) is 3.39. The van der Waals surface area contributed by atoms with Crippen LogP contribution in [0, 0.1) is 0 Å². The highest BCUT2D eigenvalue weighted by Crippen LogP contribution is 2.56. The van der Waals surface area contributed by atoms with Crippen LogP contribution in [0.25, 0.3) is 0 Å². The van der Waals surface area contributed by atoms with Gasteiger partial charge in [0.1, 0.15) is 11.5 Å². The van der Waals surface area contributed by atoms with Crippen molar-refractivity contribution in [2.75, 3.05) is 14.2 Å². The van der Waals surface area contributed by atoms with Crippen molar-refractivity contribution >= 4 is 0 Å². The van der Waals surface area contributed by atoms with Gasteiger partial charge in [0.25, 0.3) is 0 Å². The van der Waals surface area contributed by atoms with Crippen molar-refractivity contribution < 1.29 is 18.9 Å². The topological polar surface area (TPSA) is 36.9 Å². The molecule has 0 spiro atoms. The average molecular weight is 479 g/mol. The van der Waals surface area contributed by atoms with E-state index < -0.39 is 0 Å². The number of benzene rings is 4. The van der Waals surface area contributed by atoms with Crippen LogP contribution in [0.3, 0.4) is 0 Å². The number of rotatable bonds is 5. The first-order valence-electron chi connectivity index (χ1n) is 12.4. The summed E-state index contributed by atoms with van der Waals surface area (Å²) in [6, 6.07) is 33.9. The van der Waals surface area contributed by atoms with Gasteiger partial charge >= 0.3 is 0 Å².